The van der Waals surface area contributed by atoms with Gasteiger partial charge in [0.15, 0.2) is 6.61 Å². The fourth-order valence-corrected chi connectivity index (χ4v) is 2.82. The monoisotopic (exact) mass is 467 g/mol. The number of esters is 1. The minimum absolute atomic E-state index is 0.293. The maximum absolute atomic E-state index is 12.8. The van der Waals surface area contributed by atoms with Gasteiger partial charge in [0.25, 0.3) is 11.6 Å². The molecule has 0 aromatic heterocycles. The molecule has 1 atom stereocenters. The maximum Gasteiger partial charge on any atom is 0.416 e. The van der Waals surface area contributed by atoms with Crippen molar-refractivity contribution in [1.29, 1.82) is 0 Å². The second-order valence-corrected chi connectivity index (χ2v) is 7.06. The Morgan fingerprint density at radius 3 is 2.30 bits per heavy atom. The molecule has 0 aliphatic heterocycles. The van der Waals surface area contributed by atoms with E-state index >= 15 is 0 Å². The lowest BCUT2D eigenvalue weighted by Crippen LogP contribution is -2.29. The molecular weight excluding hydrogens is 447 g/mol. The lowest BCUT2D eigenvalue weighted by Gasteiger charge is -2.18. The summed E-state index contributed by atoms with van der Waals surface area (Å²) >= 11 is 0. The number of halogens is 3. The van der Waals surface area contributed by atoms with Crippen molar-refractivity contribution < 1.29 is 37.2 Å². The molecule has 0 aliphatic rings. The summed E-state index contributed by atoms with van der Waals surface area (Å²) in [5.41, 5.74) is -1.09. The lowest BCUT2D eigenvalue weighted by molar-refractivity contribution is -0.384. The van der Waals surface area contributed by atoms with Crippen molar-refractivity contribution in [3.63, 3.8) is 0 Å². The normalized spacial score (nSPS) is 11.9. The molecule has 2 amide bonds. The molecule has 12 heteroatoms. The Morgan fingerprint density at radius 1 is 1.12 bits per heavy atom. The van der Waals surface area contributed by atoms with Crippen molar-refractivity contribution in [3.05, 3.63) is 69.3 Å². The number of benzene rings is 2. The van der Waals surface area contributed by atoms with Gasteiger partial charge in [0.05, 0.1) is 22.9 Å². The van der Waals surface area contributed by atoms with Crippen LogP contribution in [0.4, 0.5) is 24.5 Å². The van der Waals surface area contributed by atoms with E-state index in [4.69, 9.17) is 4.74 Å². The largest absolute Gasteiger partial charge is 0.455 e. The van der Waals surface area contributed by atoms with E-state index in [0.29, 0.717) is 17.7 Å². The van der Waals surface area contributed by atoms with Crippen LogP contribution in [-0.2, 0) is 25.3 Å². The van der Waals surface area contributed by atoms with Gasteiger partial charge in [-0.1, -0.05) is 29.8 Å². The maximum atomic E-state index is 12.8. The van der Waals surface area contributed by atoms with E-state index < -0.39 is 52.6 Å². The van der Waals surface area contributed by atoms with Gasteiger partial charge in [-0.2, -0.15) is 13.2 Å². The number of anilines is 1. The van der Waals surface area contributed by atoms with Crippen LogP contribution in [-0.4, -0.2) is 29.3 Å². The zero-order chi connectivity index (χ0) is 24.8. The summed E-state index contributed by atoms with van der Waals surface area (Å²) in [5, 5.41) is 15.7. The second-order valence-electron chi connectivity index (χ2n) is 7.06. The average molecular weight is 467 g/mol. The first-order valence-corrected chi connectivity index (χ1v) is 9.51. The van der Waals surface area contributed by atoms with E-state index in [1.165, 1.54) is 6.92 Å². The van der Waals surface area contributed by atoms with E-state index in [2.05, 4.69) is 10.6 Å². The summed E-state index contributed by atoms with van der Waals surface area (Å²) in [6.07, 6.45) is -5.10. The number of nitrogens with zero attached hydrogens (tertiary/aromatic N) is 1. The Balaban J connectivity index is 2.02. The molecule has 0 aliphatic carbocycles. The Hall–Kier alpha value is -3.96. The molecule has 33 heavy (non-hydrogen) atoms. The summed E-state index contributed by atoms with van der Waals surface area (Å²) in [6.45, 7) is 2.31. The van der Waals surface area contributed by atoms with Crippen LogP contribution < -0.4 is 10.6 Å². The number of alkyl halides is 3. The molecule has 2 aromatic carbocycles. The van der Waals surface area contributed by atoms with Crippen LogP contribution >= 0.6 is 0 Å². The van der Waals surface area contributed by atoms with Crippen molar-refractivity contribution in [3.8, 4) is 0 Å². The van der Waals surface area contributed by atoms with Gasteiger partial charge in [0, 0.05) is 13.0 Å². The van der Waals surface area contributed by atoms with Gasteiger partial charge in [-0.25, -0.2) is 0 Å². The van der Waals surface area contributed by atoms with E-state index in [1.807, 2.05) is 6.92 Å². The number of hydrogen-bond acceptors (Lipinski definition) is 6. The Bertz CT molecular complexity index is 1050. The quantitative estimate of drug-likeness (QED) is 0.346. The fourth-order valence-electron chi connectivity index (χ4n) is 2.82. The number of nitro benzene ring substituents is 1. The molecule has 2 aromatic rings. The molecule has 0 radical (unpaired) electrons. The summed E-state index contributed by atoms with van der Waals surface area (Å²) < 4.78 is 43.2. The minimum Gasteiger partial charge on any atom is -0.455 e. The van der Waals surface area contributed by atoms with Gasteiger partial charge in [-0.15, -0.1) is 0 Å². The molecular formula is C21H20F3N3O6. The van der Waals surface area contributed by atoms with Crippen molar-refractivity contribution in [2.24, 2.45) is 0 Å². The summed E-state index contributed by atoms with van der Waals surface area (Å²) in [7, 11) is 0. The molecule has 1 unspecified atom stereocenters. The predicted molar refractivity (Wildman–Crippen MR) is 110 cm³/mol. The zero-order valence-electron chi connectivity index (χ0n) is 17.6. The molecule has 0 saturated carbocycles. The highest BCUT2D eigenvalue weighted by molar-refractivity contribution is 5.95. The van der Waals surface area contributed by atoms with Gasteiger partial charge in [0.2, 0.25) is 5.91 Å². The van der Waals surface area contributed by atoms with Crippen LogP contribution in [0.25, 0.3) is 0 Å². The number of carbonyl (C=O) groups is 3. The molecule has 0 spiro atoms. The summed E-state index contributed by atoms with van der Waals surface area (Å²) in [5.74, 6) is -2.22. The summed E-state index contributed by atoms with van der Waals surface area (Å²) in [6, 6.07) is 7.93. The fraction of sp³-hybridized carbons (Fsp3) is 0.286. The molecule has 176 valence electrons. The third-order valence-corrected chi connectivity index (χ3v) is 4.39. The topological polar surface area (TPSA) is 128 Å². The molecule has 2 rings (SSSR count). The molecule has 2 N–H and O–H groups in total. The first-order valence-electron chi connectivity index (χ1n) is 9.51. The van der Waals surface area contributed by atoms with Crippen molar-refractivity contribution >= 4 is 29.2 Å². The first-order chi connectivity index (χ1) is 15.4. The Morgan fingerprint density at radius 2 is 1.76 bits per heavy atom. The van der Waals surface area contributed by atoms with Crippen LogP contribution in [0.1, 0.15) is 36.1 Å². The van der Waals surface area contributed by atoms with Crippen LogP contribution in [0.3, 0.4) is 0 Å². The van der Waals surface area contributed by atoms with Gasteiger partial charge in [-0.3, -0.25) is 24.5 Å². The Kier molecular flexibility index (Phi) is 8.10. The number of hydrogen-bond donors (Lipinski definition) is 2. The van der Waals surface area contributed by atoms with E-state index in [-0.39, 0.29) is 12.3 Å². The van der Waals surface area contributed by atoms with E-state index in [9.17, 15) is 37.7 Å². The number of nitrogens with one attached hydrogen (secondary N) is 2. The van der Waals surface area contributed by atoms with Gasteiger partial charge < -0.3 is 15.4 Å². The number of rotatable bonds is 8. The summed E-state index contributed by atoms with van der Waals surface area (Å²) in [4.78, 5) is 45.7. The third-order valence-electron chi connectivity index (χ3n) is 4.39. The third kappa shape index (κ3) is 7.59. The van der Waals surface area contributed by atoms with Gasteiger partial charge >= 0.3 is 12.1 Å². The number of carbonyl (C=O) groups excluding carboxylic acids is 3. The highest BCUT2D eigenvalue weighted by Gasteiger charge is 2.33. The van der Waals surface area contributed by atoms with E-state index in [1.54, 1.807) is 24.3 Å². The molecule has 0 heterocycles. The molecule has 0 saturated heterocycles. The SMILES string of the molecule is CC(=O)NC(CC(=O)OCC(=O)Nc1ccc(C(F)(F)F)cc1[N+](=O)[O-])c1ccc(C)cc1. The molecule has 9 nitrogen and oxygen atoms in total. The number of aryl methyl sites for hydroxylation is 1. The van der Waals surface area contributed by atoms with Crippen molar-refractivity contribution in [2.45, 2.75) is 32.5 Å². The molecule has 0 fully saturated rings. The van der Waals surface area contributed by atoms with Gasteiger partial charge in [0.1, 0.15) is 5.69 Å². The lowest BCUT2D eigenvalue weighted by atomic mass is 10.0. The predicted octanol–water partition coefficient (Wildman–Crippen LogP) is 3.67. The zero-order valence-corrected chi connectivity index (χ0v) is 17.6. The number of nitro groups is 1. The second kappa shape index (κ2) is 10.6. The standard InChI is InChI=1S/C21H20F3N3O6/c1-12-3-5-14(6-4-12)17(25-13(2)28)10-20(30)33-11-19(29)26-16-8-7-15(21(22,23)24)9-18(16)27(31)32/h3-9,17H,10-11H2,1-2H3,(H,25,28)(H,26,29). The average Bonchev–Trinajstić information content (AvgIpc) is 2.71. The highest BCUT2D eigenvalue weighted by Crippen LogP contribution is 2.34. The number of amides is 2. The number of ether oxygens (including phenoxy) is 1. The van der Waals surface area contributed by atoms with Gasteiger partial charge in [-0.05, 0) is 24.6 Å². The van der Waals surface area contributed by atoms with E-state index in [0.717, 1.165) is 11.6 Å². The highest BCUT2D eigenvalue weighted by atomic mass is 19.4. The first kappa shape index (κ1) is 25.3. The van der Waals surface area contributed by atoms with Crippen molar-refractivity contribution in [1.82, 2.24) is 5.32 Å². The van der Waals surface area contributed by atoms with Crippen molar-refractivity contribution in [2.75, 3.05) is 11.9 Å². The minimum atomic E-state index is -4.80. The van der Waals surface area contributed by atoms with Crippen LogP contribution in [0, 0.1) is 17.0 Å². The van der Waals surface area contributed by atoms with Crippen LogP contribution in [0.15, 0.2) is 42.5 Å². The van der Waals surface area contributed by atoms with Crippen LogP contribution in [0.5, 0.6) is 0 Å². The molecule has 0 bridgehead atoms. The smallest absolute Gasteiger partial charge is 0.416 e. The van der Waals surface area contributed by atoms with Crippen LogP contribution in [0.2, 0.25) is 0 Å². The Labute approximate surface area is 186 Å².